The normalized spacial score (nSPS) is 10.3. The van der Waals surface area contributed by atoms with Crippen molar-refractivity contribution in [3.8, 4) is 0 Å². The molecule has 0 amide bonds. The first-order chi connectivity index (χ1) is 8.95. The van der Waals surface area contributed by atoms with E-state index in [0.29, 0.717) is 26.3 Å². The predicted octanol–water partition coefficient (Wildman–Crippen LogP) is 5.02. The lowest BCUT2D eigenvalue weighted by molar-refractivity contribution is 1.52. The summed E-state index contributed by atoms with van der Waals surface area (Å²) in [7, 11) is 0. The highest BCUT2D eigenvalue weighted by Crippen LogP contribution is 2.28. The van der Waals surface area contributed by atoms with Crippen LogP contribution in [0.25, 0.3) is 0 Å². The van der Waals surface area contributed by atoms with Gasteiger partial charge in [-0.3, -0.25) is 0 Å². The molecular weight excluding hydrogens is 323 g/mol. The van der Waals surface area contributed by atoms with Gasteiger partial charge in [-0.05, 0) is 36.4 Å². The van der Waals surface area contributed by atoms with Gasteiger partial charge in [0.15, 0.2) is 0 Å². The summed E-state index contributed by atoms with van der Waals surface area (Å²) in [6.07, 6.45) is 0. The van der Waals surface area contributed by atoms with E-state index in [1.54, 1.807) is 36.4 Å². The first kappa shape index (κ1) is 14.4. The Morgan fingerprint density at radius 1 is 0.947 bits per heavy atom. The third-order valence-electron chi connectivity index (χ3n) is 2.39. The number of hydrogen-bond acceptors (Lipinski definition) is 2. The molecule has 2 aromatic rings. The minimum Gasteiger partial charge on any atom is -0.389 e. The average Bonchev–Trinajstić information content (AvgIpc) is 2.26. The van der Waals surface area contributed by atoms with Crippen molar-refractivity contribution in [3.05, 3.63) is 57.0 Å². The summed E-state index contributed by atoms with van der Waals surface area (Å²) in [6.45, 7) is 0. The van der Waals surface area contributed by atoms with Crippen molar-refractivity contribution < 1.29 is 0 Å². The highest BCUT2D eigenvalue weighted by atomic mass is 35.5. The molecule has 0 heterocycles. The highest BCUT2D eigenvalue weighted by molar-refractivity contribution is 7.80. The Kier molecular flexibility index (Phi) is 4.53. The Hall–Kier alpha value is -1.000. The number of thiocarbonyl (C=S) groups is 1. The molecule has 0 saturated heterocycles. The Morgan fingerprint density at radius 3 is 2.16 bits per heavy atom. The zero-order valence-electron chi connectivity index (χ0n) is 9.58. The van der Waals surface area contributed by atoms with Crippen LogP contribution in [0, 0.1) is 0 Å². The van der Waals surface area contributed by atoms with E-state index in [1.165, 1.54) is 0 Å². The van der Waals surface area contributed by atoms with Gasteiger partial charge in [0.2, 0.25) is 0 Å². The Bertz CT molecular complexity index is 624. The van der Waals surface area contributed by atoms with Crippen LogP contribution in [0.4, 0.5) is 11.4 Å². The van der Waals surface area contributed by atoms with E-state index < -0.39 is 0 Å². The first-order valence-electron chi connectivity index (χ1n) is 5.28. The molecule has 0 aliphatic heterocycles. The molecule has 0 unspecified atom stereocenters. The fraction of sp³-hybridized carbons (Fsp3) is 0. The molecule has 0 aliphatic carbocycles. The lowest BCUT2D eigenvalue weighted by Crippen LogP contribution is -2.11. The second kappa shape index (κ2) is 5.97. The lowest BCUT2D eigenvalue weighted by atomic mass is 10.1. The van der Waals surface area contributed by atoms with Gasteiger partial charge in [-0.2, -0.15) is 0 Å². The molecule has 0 fully saturated rings. The van der Waals surface area contributed by atoms with Crippen LogP contribution in [0.3, 0.4) is 0 Å². The number of nitrogens with two attached hydrogens (primary N) is 1. The molecule has 98 valence electrons. The smallest absolute Gasteiger partial charge is 0.106 e. The van der Waals surface area contributed by atoms with Crippen LogP contribution in [0.5, 0.6) is 0 Å². The summed E-state index contributed by atoms with van der Waals surface area (Å²) in [5, 5.41) is 4.81. The molecule has 0 aliphatic rings. The van der Waals surface area contributed by atoms with Gasteiger partial charge < -0.3 is 11.1 Å². The lowest BCUT2D eigenvalue weighted by Gasteiger charge is -2.12. The third-order valence-corrected chi connectivity index (χ3v) is 3.28. The van der Waals surface area contributed by atoms with Gasteiger partial charge in [-0.15, -0.1) is 0 Å². The van der Waals surface area contributed by atoms with E-state index in [2.05, 4.69) is 5.32 Å². The van der Waals surface area contributed by atoms with Crippen molar-refractivity contribution in [2.24, 2.45) is 5.73 Å². The van der Waals surface area contributed by atoms with Gasteiger partial charge in [-0.1, -0.05) is 47.0 Å². The first-order valence-corrected chi connectivity index (χ1v) is 6.82. The van der Waals surface area contributed by atoms with Gasteiger partial charge in [0.25, 0.3) is 0 Å². The molecule has 3 N–H and O–H groups in total. The molecular formula is C13H9Cl3N2S. The fourth-order valence-corrected chi connectivity index (χ4v) is 2.49. The molecule has 0 radical (unpaired) electrons. The van der Waals surface area contributed by atoms with E-state index in [4.69, 9.17) is 52.8 Å². The summed E-state index contributed by atoms with van der Waals surface area (Å²) >= 11 is 22.9. The van der Waals surface area contributed by atoms with E-state index in [0.717, 1.165) is 5.69 Å². The standard InChI is InChI=1S/C13H9Cl3N2S/c14-7-1-2-11(13(17)19)12(6-7)18-10-4-8(15)3-9(16)5-10/h1-6,18H,(H2,17,19). The van der Waals surface area contributed by atoms with Crippen LogP contribution in [0.1, 0.15) is 5.56 Å². The van der Waals surface area contributed by atoms with Crippen LogP contribution in [-0.2, 0) is 0 Å². The van der Waals surface area contributed by atoms with Crippen molar-refractivity contribution in [1.82, 2.24) is 0 Å². The summed E-state index contributed by atoms with van der Waals surface area (Å²) in [6, 6.07) is 10.4. The van der Waals surface area contributed by atoms with Crippen LogP contribution in [0.2, 0.25) is 15.1 Å². The topological polar surface area (TPSA) is 38.0 Å². The maximum atomic E-state index is 5.97. The minimum atomic E-state index is 0.285. The largest absolute Gasteiger partial charge is 0.389 e. The molecule has 2 nitrogen and oxygen atoms in total. The van der Waals surface area contributed by atoms with Crippen LogP contribution in [0.15, 0.2) is 36.4 Å². The molecule has 2 rings (SSSR count). The number of hydrogen-bond donors (Lipinski definition) is 2. The summed E-state index contributed by atoms with van der Waals surface area (Å²) < 4.78 is 0. The number of anilines is 2. The van der Waals surface area contributed by atoms with Crippen LogP contribution < -0.4 is 11.1 Å². The highest BCUT2D eigenvalue weighted by Gasteiger charge is 2.07. The summed E-state index contributed by atoms with van der Waals surface area (Å²) in [5.41, 5.74) is 7.82. The van der Waals surface area contributed by atoms with Crippen molar-refractivity contribution in [3.63, 3.8) is 0 Å². The molecule has 0 aromatic heterocycles. The van der Waals surface area contributed by atoms with Crippen molar-refractivity contribution >= 4 is 63.4 Å². The molecule has 6 heteroatoms. The molecule has 19 heavy (non-hydrogen) atoms. The van der Waals surface area contributed by atoms with Gasteiger partial charge in [0.1, 0.15) is 4.99 Å². The maximum absolute atomic E-state index is 5.97. The second-order valence-corrected chi connectivity index (χ2v) is 5.59. The van der Waals surface area contributed by atoms with Crippen molar-refractivity contribution in [1.29, 1.82) is 0 Å². The molecule has 0 atom stereocenters. The number of benzene rings is 2. The van der Waals surface area contributed by atoms with E-state index in [-0.39, 0.29) is 4.99 Å². The van der Waals surface area contributed by atoms with Gasteiger partial charge >= 0.3 is 0 Å². The van der Waals surface area contributed by atoms with Crippen LogP contribution in [-0.4, -0.2) is 4.99 Å². The maximum Gasteiger partial charge on any atom is 0.106 e. The predicted molar refractivity (Wildman–Crippen MR) is 87.1 cm³/mol. The number of rotatable bonds is 3. The molecule has 0 saturated carbocycles. The van der Waals surface area contributed by atoms with Gasteiger partial charge in [0, 0.05) is 26.3 Å². The second-order valence-electron chi connectivity index (χ2n) is 3.84. The number of halogens is 3. The van der Waals surface area contributed by atoms with E-state index in [9.17, 15) is 0 Å². The summed E-state index contributed by atoms with van der Waals surface area (Å²) in [4.78, 5) is 0.285. The number of nitrogens with one attached hydrogen (secondary N) is 1. The molecule has 2 aromatic carbocycles. The Balaban J connectivity index is 2.42. The summed E-state index contributed by atoms with van der Waals surface area (Å²) in [5.74, 6) is 0. The zero-order valence-corrected chi connectivity index (χ0v) is 12.7. The fourth-order valence-electron chi connectivity index (χ4n) is 1.62. The average molecular weight is 332 g/mol. The van der Waals surface area contributed by atoms with Crippen LogP contribution >= 0.6 is 47.0 Å². The third kappa shape index (κ3) is 3.74. The SMILES string of the molecule is NC(=S)c1ccc(Cl)cc1Nc1cc(Cl)cc(Cl)c1. The van der Waals surface area contributed by atoms with Gasteiger partial charge in [0.05, 0.1) is 5.69 Å². The Labute approximate surface area is 131 Å². The molecule has 0 spiro atoms. The van der Waals surface area contributed by atoms with Crippen molar-refractivity contribution in [2.75, 3.05) is 5.32 Å². The minimum absolute atomic E-state index is 0.285. The Morgan fingerprint density at radius 2 is 1.58 bits per heavy atom. The van der Waals surface area contributed by atoms with Gasteiger partial charge in [-0.25, -0.2) is 0 Å². The molecule has 0 bridgehead atoms. The van der Waals surface area contributed by atoms with Crippen molar-refractivity contribution in [2.45, 2.75) is 0 Å². The monoisotopic (exact) mass is 330 g/mol. The zero-order chi connectivity index (χ0) is 14.0. The van der Waals surface area contributed by atoms with E-state index >= 15 is 0 Å². The quantitative estimate of drug-likeness (QED) is 0.775. The van der Waals surface area contributed by atoms with E-state index in [1.807, 2.05) is 0 Å².